The van der Waals surface area contributed by atoms with Crippen molar-refractivity contribution in [2.75, 3.05) is 30.4 Å². The maximum atomic E-state index is 12.4. The van der Waals surface area contributed by atoms with Crippen molar-refractivity contribution in [3.8, 4) is 0 Å². The number of hydrogen-bond donors (Lipinski definition) is 3. The lowest BCUT2D eigenvalue weighted by Crippen LogP contribution is -2.22. The quantitative estimate of drug-likeness (QED) is 0.360. The van der Waals surface area contributed by atoms with Crippen LogP contribution in [0.25, 0.3) is 0 Å². The topological polar surface area (TPSA) is 131 Å². The molecule has 0 unspecified atom stereocenters. The van der Waals surface area contributed by atoms with E-state index in [1.54, 1.807) is 6.07 Å². The highest BCUT2D eigenvalue weighted by molar-refractivity contribution is 5.99. The van der Waals surface area contributed by atoms with E-state index in [9.17, 15) is 19.7 Å². The minimum absolute atomic E-state index is 0.0952. The van der Waals surface area contributed by atoms with Crippen LogP contribution in [0.2, 0.25) is 0 Å². The molecule has 0 heterocycles. The van der Waals surface area contributed by atoms with Gasteiger partial charge >= 0.3 is 5.97 Å². The molecule has 2 aromatic carbocycles. The molecule has 2 rings (SSSR count). The fourth-order valence-electron chi connectivity index (χ4n) is 2.43. The zero-order valence-corrected chi connectivity index (χ0v) is 15.5. The Balaban J connectivity index is 2.08. The first-order valence-electron chi connectivity index (χ1n) is 8.49. The molecule has 9 heteroatoms. The first-order chi connectivity index (χ1) is 13.3. The highest BCUT2D eigenvalue weighted by Crippen LogP contribution is 2.23. The van der Waals surface area contributed by atoms with Crippen molar-refractivity contribution in [3.05, 3.63) is 63.2 Å². The van der Waals surface area contributed by atoms with E-state index in [0.29, 0.717) is 5.69 Å². The molecular formula is C19H21N3O6. The normalized spacial score (nSPS) is 10.2. The summed E-state index contributed by atoms with van der Waals surface area (Å²) in [6, 6.07) is 9.20. The number of anilines is 2. The second-order valence-electron chi connectivity index (χ2n) is 6.08. The molecule has 0 spiro atoms. The van der Waals surface area contributed by atoms with Crippen LogP contribution in [0.4, 0.5) is 17.1 Å². The number of aryl methyl sites for hydroxylation is 2. The van der Waals surface area contributed by atoms with Gasteiger partial charge in [0.25, 0.3) is 11.6 Å². The van der Waals surface area contributed by atoms with Crippen molar-refractivity contribution in [2.45, 2.75) is 13.8 Å². The van der Waals surface area contributed by atoms with Gasteiger partial charge in [0, 0.05) is 30.1 Å². The van der Waals surface area contributed by atoms with Gasteiger partial charge in [-0.3, -0.25) is 14.9 Å². The largest absolute Gasteiger partial charge is 0.452 e. The van der Waals surface area contributed by atoms with Crippen molar-refractivity contribution >= 4 is 28.9 Å². The highest BCUT2D eigenvalue weighted by Gasteiger charge is 2.19. The summed E-state index contributed by atoms with van der Waals surface area (Å²) in [7, 11) is 0. The van der Waals surface area contributed by atoms with E-state index in [1.165, 1.54) is 12.1 Å². The Morgan fingerprint density at radius 3 is 2.57 bits per heavy atom. The average molecular weight is 387 g/mol. The highest BCUT2D eigenvalue weighted by atomic mass is 16.6. The maximum Gasteiger partial charge on any atom is 0.341 e. The van der Waals surface area contributed by atoms with Gasteiger partial charge in [-0.15, -0.1) is 0 Å². The Morgan fingerprint density at radius 2 is 1.89 bits per heavy atom. The first kappa shape index (κ1) is 20.8. The Bertz CT molecular complexity index is 897. The lowest BCUT2D eigenvalue weighted by Gasteiger charge is -2.12. The van der Waals surface area contributed by atoms with Crippen LogP contribution in [0.5, 0.6) is 0 Å². The number of amides is 1. The van der Waals surface area contributed by atoms with E-state index in [-0.39, 0.29) is 30.1 Å². The molecule has 0 aromatic heterocycles. The SMILES string of the molecule is Cc1ccc(C)c(NC(=O)COC(=O)c2cc([N+](=O)[O-])ccc2NCCO)c1. The van der Waals surface area contributed by atoms with Crippen LogP contribution in [0, 0.1) is 24.0 Å². The number of esters is 1. The molecule has 9 nitrogen and oxygen atoms in total. The molecule has 0 bridgehead atoms. The molecule has 0 saturated carbocycles. The predicted molar refractivity (Wildman–Crippen MR) is 104 cm³/mol. The number of carbonyl (C=O) groups is 2. The summed E-state index contributed by atoms with van der Waals surface area (Å²) in [5.74, 6) is -1.42. The minimum Gasteiger partial charge on any atom is -0.452 e. The molecule has 0 saturated heterocycles. The van der Waals surface area contributed by atoms with E-state index < -0.39 is 23.4 Å². The van der Waals surface area contributed by atoms with Gasteiger partial charge in [0.05, 0.1) is 17.1 Å². The molecule has 3 N–H and O–H groups in total. The number of carbonyl (C=O) groups excluding carboxylic acids is 2. The number of aliphatic hydroxyl groups excluding tert-OH is 1. The number of non-ortho nitro benzene ring substituents is 1. The van der Waals surface area contributed by atoms with Crippen LogP contribution in [0.3, 0.4) is 0 Å². The third-order valence-electron chi connectivity index (χ3n) is 3.86. The summed E-state index contributed by atoms with van der Waals surface area (Å²) in [4.78, 5) is 34.8. The van der Waals surface area contributed by atoms with Crippen molar-refractivity contribution in [2.24, 2.45) is 0 Å². The molecule has 0 aliphatic rings. The Morgan fingerprint density at radius 1 is 1.14 bits per heavy atom. The number of nitrogens with one attached hydrogen (secondary N) is 2. The van der Waals surface area contributed by atoms with Gasteiger partial charge in [-0.2, -0.15) is 0 Å². The second-order valence-corrected chi connectivity index (χ2v) is 6.08. The second kappa shape index (κ2) is 9.47. The molecule has 2 aromatic rings. The monoisotopic (exact) mass is 387 g/mol. The van der Waals surface area contributed by atoms with Gasteiger partial charge in [-0.25, -0.2) is 4.79 Å². The molecule has 0 aliphatic heterocycles. The third kappa shape index (κ3) is 5.52. The third-order valence-corrected chi connectivity index (χ3v) is 3.86. The lowest BCUT2D eigenvalue weighted by molar-refractivity contribution is -0.384. The summed E-state index contributed by atoms with van der Waals surface area (Å²) in [6.07, 6.45) is 0. The molecule has 0 radical (unpaired) electrons. The Kier molecular flexibility index (Phi) is 7.05. The number of aliphatic hydroxyl groups is 1. The summed E-state index contributed by atoms with van der Waals surface area (Å²) >= 11 is 0. The summed E-state index contributed by atoms with van der Waals surface area (Å²) in [5, 5.41) is 25.3. The summed E-state index contributed by atoms with van der Waals surface area (Å²) in [6.45, 7) is 3.13. The summed E-state index contributed by atoms with van der Waals surface area (Å²) < 4.78 is 5.01. The standard InChI is InChI=1S/C19H21N3O6/c1-12-3-4-13(2)17(9-12)21-18(24)11-28-19(25)15-10-14(22(26)27)5-6-16(15)20-7-8-23/h3-6,9-10,20,23H,7-8,11H2,1-2H3,(H,21,24). The van der Waals surface area contributed by atoms with Crippen molar-refractivity contribution in [1.29, 1.82) is 0 Å². The minimum atomic E-state index is -0.889. The molecule has 0 aliphatic carbocycles. The smallest absolute Gasteiger partial charge is 0.341 e. The van der Waals surface area contributed by atoms with Crippen LogP contribution in [-0.4, -0.2) is 41.7 Å². The van der Waals surface area contributed by atoms with E-state index in [1.807, 2.05) is 26.0 Å². The van der Waals surface area contributed by atoms with Gasteiger partial charge in [0.2, 0.25) is 0 Å². The van der Waals surface area contributed by atoms with Gasteiger partial charge in [0.1, 0.15) is 0 Å². The predicted octanol–water partition coefficient (Wildman–Crippen LogP) is 2.41. The fraction of sp³-hybridized carbons (Fsp3) is 0.263. The number of nitro groups is 1. The van der Waals surface area contributed by atoms with Gasteiger partial charge in [-0.1, -0.05) is 12.1 Å². The number of nitro benzene ring substituents is 1. The first-order valence-corrected chi connectivity index (χ1v) is 8.49. The lowest BCUT2D eigenvalue weighted by atomic mass is 10.1. The maximum absolute atomic E-state index is 12.4. The van der Waals surface area contributed by atoms with Crippen LogP contribution < -0.4 is 10.6 Å². The van der Waals surface area contributed by atoms with Crippen molar-refractivity contribution in [3.63, 3.8) is 0 Å². The van der Waals surface area contributed by atoms with Gasteiger partial charge in [0.15, 0.2) is 6.61 Å². The Hall–Kier alpha value is -3.46. The number of rotatable bonds is 8. The van der Waals surface area contributed by atoms with Crippen LogP contribution in [0.15, 0.2) is 36.4 Å². The molecule has 148 valence electrons. The summed E-state index contributed by atoms with van der Waals surface area (Å²) in [5.41, 5.74) is 2.32. The molecule has 1 amide bonds. The van der Waals surface area contributed by atoms with E-state index >= 15 is 0 Å². The average Bonchev–Trinajstić information content (AvgIpc) is 2.67. The van der Waals surface area contributed by atoms with Crippen LogP contribution in [-0.2, 0) is 9.53 Å². The van der Waals surface area contributed by atoms with E-state index in [2.05, 4.69) is 10.6 Å². The van der Waals surface area contributed by atoms with Crippen LogP contribution in [0.1, 0.15) is 21.5 Å². The number of hydrogen-bond acceptors (Lipinski definition) is 7. The molecule has 0 atom stereocenters. The molecular weight excluding hydrogens is 366 g/mol. The van der Waals surface area contributed by atoms with Crippen LogP contribution >= 0.6 is 0 Å². The molecule has 0 fully saturated rings. The van der Waals surface area contributed by atoms with Gasteiger partial charge in [-0.05, 0) is 37.1 Å². The zero-order valence-electron chi connectivity index (χ0n) is 15.5. The number of benzene rings is 2. The molecule has 28 heavy (non-hydrogen) atoms. The van der Waals surface area contributed by atoms with Crippen molar-refractivity contribution in [1.82, 2.24) is 0 Å². The Labute approximate surface area is 161 Å². The number of ether oxygens (including phenoxy) is 1. The van der Waals surface area contributed by atoms with Gasteiger partial charge < -0.3 is 20.5 Å². The zero-order chi connectivity index (χ0) is 20.7. The fourth-order valence-corrected chi connectivity index (χ4v) is 2.43. The number of nitrogens with zero attached hydrogens (tertiary/aromatic N) is 1. The van der Waals surface area contributed by atoms with Crippen molar-refractivity contribution < 1.29 is 24.4 Å². The van der Waals surface area contributed by atoms with E-state index in [4.69, 9.17) is 9.84 Å². The van der Waals surface area contributed by atoms with E-state index in [0.717, 1.165) is 17.2 Å².